The molecule has 0 saturated carbocycles. The molecule has 0 spiro atoms. The van der Waals surface area contributed by atoms with Crippen LogP contribution in [0.1, 0.15) is 35.5 Å². The van der Waals surface area contributed by atoms with Crippen LogP contribution in [0.25, 0.3) is 10.9 Å². The number of fused-ring (bicyclic) bond motifs is 1. The zero-order chi connectivity index (χ0) is 14.8. The zero-order valence-electron chi connectivity index (χ0n) is 12.1. The van der Waals surface area contributed by atoms with Crippen molar-refractivity contribution < 1.29 is 5.11 Å². The highest BCUT2D eigenvalue weighted by Gasteiger charge is 2.16. The highest BCUT2D eigenvalue weighted by Crippen LogP contribution is 2.26. The van der Waals surface area contributed by atoms with Crippen LogP contribution >= 0.6 is 0 Å². The standard InChI is InChI=1S/C17H17N3O/c1-3-15-14(9-11(2)19-20-15)17(21)13-7-6-12-5-4-8-18-16(12)10-13/h4-10,17,21H,3H2,1-2H3. The van der Waals surface area contributed by atoms with Gasteiger partial charge in [-0.1, -0.05) is 25.1 Å². The molecule has 0 aliphatic heterocycles. The Kier molecular flexibility index (Phi) is 3.62. The molecule has 4 nitrogen and oxygen atoms in total. The number of aliphatic hydroxyl groups is 1. The van der Waals surface area contributed by atoms with E-state index in [0.717, 1.165) is 39.8 Å². The summed E-state index contributed by atoms with van der Waals surface area (Å²) in [6.07, 6.45) is 1.79. The predicted octanol–water partition coefficient (Wildman–Crippen LogP) is 2.98. The van der Waals surface area contributed by atoms with Crippen molar-refractivity contribution in [2.75, 3.05) is 0 Å². The zero-order valence-corrected chi connectivity index (χ0v) is 12.1. The second-order valence-electron chi connectivity index (χ2n) is 5.10. The molecule has 1 N–H and O–H groups in total. The molecule has 4 heteroatoms. The molecule has 1 aromatic carbocycles. The van der Waals surface area contributed by atoms with E-state index in [-0.39, 0.29) is 0 Å². The van der Waals surface area contributed by atoms with Crippen molar-refractivity contribution in [1.29, 1.82) is 0 Å². The molecule has 0 aliphatic rings. The molecule has 106 valence electrons. The highest BCUT2D eigenvalue weighted by molar-refractivity contribution is 5.79. The summed E-state index contributed by atoms with van der Waals surface area (Å²) in [4.78, 5) is 4.34. The van der Waals surface area contributed by atoms with E-state index in [1.165, 1.54) is 0 Å². The van der Waals surface area contributed by atoms with Crippen LogP contribution in [0.3, 0.4) is 0 Å². The van der Waals surface area contributed by atoms with Crippen LogP contribution in [0, 0.1) is 6.92 Å². The van der Waals surface area contributed by atoms with Gasteiger partial charge in [-0.25, -0.2) is 0 Å². The smallest absolute Gasteiger partial charge is 0.106 e. The predicted molar refractivity (Wildman–Crippen MR) is 82.0 cm³/mol. The first kappa shape index (κ1) is 13.6. The number of pyridine rings is 1. The number of aliphatic hydroxyl groups excluding tert-OH is 1. The van der Waals surface area contributed by atoms with Gasteiger partial charge in [-0.3, -0.25) is 4.98 Å². The van der Waals surface area contributed by atoms with Crippen LogP contribution in [0.15, 0.2) is 42.6 Å². The van der Waals surface area contributed by atoms with Gasteiger partial charge in [0.1, 0.15) is 6.10 Å². The Bertz CT molecular complexity index is 786. The van der Waals surface area contributed by atoms with Gasteiger partial charge in [-0.15, -0.1) is 0 Å². The average molecular weight is 279 g/mol. The summed E-state index contributed by atoms with van der Waals surface area (Å²) < 4.78 is 0. The molecule has 2 aromatic heterocycles. The molecule has 0 radical (unpaired) electrons. The largest absolute Gasteiger partial charge is 0.384 e. The summed E-state index contributed by atoms with van der Waals surface area (Å²) in [5.41, 5.74) is 4.16. The third kappa shape index (κ3) is 2.62. The van der Waals surface area contributed by atoms with E-state index in [0.29, 0.717) is 0 Å². The number of nitrogens with zero attached hydrogens (tertiary/aromatic N) is 3. The second kappa shape index (κ2) is 5.58. The molecule has 0 aliphatic carbocycles. The number of aromatic nitrogens is 3. The van der Waals surface area contributed by atoms with Gasteiger partial charge in [0.25, 0.3) is 0 Å². The van der Waals surface area contributed by atoms with Gasteiger partial charge < -0.3 is 5.11 Å². The SMILES string of the molecule is CCc1nnc(C)cc1C(O)c1ccc2cccnc2c1. The highest BCUT2D eigenvalue weighted by atomic mass is 16.3. The van der Waals surface area contributed by atoms with E-state index in [1.54, 1.807) is 6.20 Å². The Balaban J connectivity index is 2.07. The lowest BCUT2D eigenvalue weighted by molar-refractivity contribution is 0.218. The number of hydrogen-bond donors (Lipinski definition) is 1. The Hall–Kier alpha value is -2.33. The first-order chi connectivity index (χ1) is 10.2. The normalized spacial score (nSPS) is 12.5. The molecule has 3 rings (SSSR count). The maximum absolute atomic E-state index is 10.7. The fourth-order valence-corrected chi connectivity index (χ4v) is 2.48. The Labute approximate surface area is 123 Å². The molecule has 0 saturated heterocycles. The lowest BCUT2D eigenvalue weighted by Gasteiger charge is -2.15. The summed E-state index contributed by atoms with van der Waals surface area (Å²) in [7, 11) is 0. The lowest BCUT2D eigenvalue weighted by Crippen LogP contribution is -2.07. The van der Waals surface area contributed by atoms with Crippen molar-refractivity contribution in [3.8, 4) is 0 Å². The fourth-order valence-electron chi connectivity index (χ4n) is 2.48. The van der Waals surface area contributed by atoms with Gasteiger partial charge in [-0.05, 0) is 37.1 Å². The summed E-state index contributed by atoms with van der Waals surface area (Å²) >= 11 is 0. The summed E-state index contributed by atoms with van der Waals surface area (Å²) in [5.74, 6) is 0. The van der Waals surface area contributed by atoms with Crippen LogP contribution in [0.5, 0.6) is 0 Å². The maximum Gasteiger partial charge on any atom is 0.106 e. The Morgan fingerprint density at radius 3 is 2.81 bits per heavy atom. The number of rotatable bonds is 3. The molecule has 0 bridgehead atoms. The average Bonchev–Trinajstić information content (AvgIpc) is 2.53. The quantitative estimate of drug-likeness (QED) is 0.800. The molecule has 2 heterocycles. The molecule has 0 fully saturated rings. The minimum atomic E-state index is -0.708. The molecular weight excluding hydrogens is 262 g/mol. The van der Waals surface area contributed by atoms with Crippen molar-refractivity contribution >= 4 is 10.9 Å². The van der Waals surface area contributed by atoms with Gasteiger partial charge >= 0.3 is 0 Å². The molecule has 1 unspecified atom stereocenters. The van der Waals surface area contributed by atoms with Gasteiger partial charge in [0, 0.05) is 17.1 Å². The first-order valence-electron chi connectivity index (χ1n) is 7.05. The van der Waals surface area contributed by atoms with Crippen molar-refractivity contribution in [3.05, 3.63) is 65.1 Å². The summed E-state index contributed by atoms with van der Waals surface area (Å²) in [6, 6.07) is 11.7. The maximum atomic E-state index is 10.7. The Morgan fingerprint density at radius 1 is 1.14 bits per heavy atom. The first-order valence-corrected chi connectivity index (χ1v) is 7.05. The third-order valence-electron chi connectivity index (χ3n) is 3.60. The van der Waals surface area contributed by atoms with Gasteiger partial charge in [0.2, 0.25) is 0 Å². The van der Waals surface area contributed by atoms with Crippen molar-refractivity contribution in [3.63, 3.8) is 0 Å². The molecule has 21 heavy (non-hydrogen) atoms. The van der Waals surface area contributed by atoms with E-state index >= 15 is 0 Å². The van der Waals surface area contributed by atoms with Crippen LogP contribution in [-0.4, -0.2) is 20.3 Å². The lowest BCUT2D eigenvalue weighted by atomic mass is 9.98. The van der Waals surface area contributed by atoms with Crippen LogP contribution in [0.2, 0.25) is 0 Å². The van der Waals surface area contributed by atoms with Crippen molar-refractivity contribution in [1.82, 2.24) is 15.2 Å². The van der Waals surface area contributed by atoms with Crippen molar-refractivity contribution in [2.45, 2.75) is 26.4 Å². The fraction of sp³-hybridized carbons (Fsp3) is 0.235. The van der Waals surface area contributed by atoms with Crippen LogP contribution < -0.4 is 0 Å². The number of hydrogen-bond acceptors (Lipinski definition) is 4. The van der Waals surface area contributed by atoms with E-state index in [2.05, 4.69) is 15.2 Å². The van der Waals surface area contributed by atoms with Gasteiger partial charge in [0.15, 0.2) is 0 Å². The summed E-state index contributed by atoms with van der Waals surface area (Å²) in [5, 5.41) is 20.0. The van der Waals surface area contributed by atoms with E-state index in [9.17, 15) is 5.11 Å². The minimum Gasteiger partial charge on any atom is -0.384 e. The molecule has 1 atom stereocenters. The number of aryl methyl sites for hydroxylation is 2. The Morgan fingerprint density at radius 2 is 2.00 bits per heavy atom. The second-order valence-corrected chi connectivity index (χ2v) is 5.10. The van der Waals surface area contributed by atoms with E-state index in [1.807, 2.05) is 50.2 Å². The molecule has 3 aromatic rings. The molecule has 0 amide bonds. The van der Waals surface area contributed by atoms with Crippen LogP contribution in [0.4, 0.5) is 0 Å². The molecular formula is C17H17N3O. The monoisotopic (exact) mass is 279 g/mol. The van der Waals surface area contributed by atoms with E-state index < -0.39 is 6.10 Å². The van der Waals surface area contributed by atoms with Gasteiger partial charge in [0.05, 0.1) is 16.9 Å². The topological polar surface area (TPSA) is 58.9 Å². The van der Waals surface area contributed by atoms with Crippen LogP contribution in [-0.2, 0) is 6.42 Å². The minimum absolute atomic E-state index is 0.708. The number of benzene rings is 1. The van der Waals surface area contributed by atoms with E-state index in [4.69, 9.17) is 0 Å². The van der Waals surface area contributed by atoms with Gasteiger partial charge in [-0.2, -0.15) is 10.2 Å². The summed E-state index contributed by atoms with van der Waals surface area (Å²) in [6.45, 7) is 3.89. The third-order valence-corrected chi connectivity index (χ3v) is 3.60. The van der Waals surface area contributed by atoms with Crippen molar-refractivity contribution in [2.24, 2.45) is 0 Å².